The summed E-state index contributed by atoms with van der Waals surface area (Å²) < 4.78 is 0. The smallest absolute Gasteiger partial charge is 0.251 e. The Bertz CT molecular complexity index is 785. The summed E-state index contributed by atoms with van der Waals surface area (Å²) in [5.41, 5.74) is 4.65. The van der Waals surface area contributed by atoms with E-state index < -0.39 is 0 Å². The van der Waals surface area contributed by atoms with E-state index in [0.717, 1.165) is 22.4 Å². The fourth-order valence-corrected chi connectivity index (χ4v) is 2.59. The third kappa shape index (κ3) is 5.62. The van der Waals surface area contributed by atoms with E-state index in [1.807, 2.05) is 64.1 Å². The summed E-state index contributed by atoms with van der Waals surface area (Å²) in [5, 5.41) is 8.91. The Morgan fingerprint density at radius 1 is 1.00 bits per heavy atom. The highest BCUT2D eigenvalue weighted by atomic mass is 16.2. The van der Waals surface area contributed by atoms with E-state index in [9.17, 15) is 9.59 Å². The number of hydrogen-bond donors (Lipinski definition) is 3. The lowest BCUT2D eigenvalue weighted by Crippen LogP contribution is -2.30. The highest BCUT2D eigenvalue weighted by Gasteiger charge is 2.09. The van der Waals surface area contributed by atoms with Crippen LogP contribution in [0, 0.1) is 13.8 Å². The molecule has 0 heterocycles. The average Bonchev–Trinajstić information content (AvgIpc) is 2.59. The molecule has 0 atom stereocenters. The van der Waals surface area contributed by atoms with Crippen LogP contribution >= 0.6 is 0 Å². The Hall–Kier alpha value is -2.82. The quantitative estimate of drug-likeness (QED) is 0.716. The van der Waals surface area contributed by atoms with Gasteiger partial charge in [0.25, 0.3) is 5.91 Å². The van der Waals surface area contributed by atoms with E-state index in [1.54, 1.807) is 6.07 Å². The normalized spacial score (nSPS) is 10.5. The zero-order valence-corrected chi connectivity index (χ0v) is 15.8. The minimum Gasteiger partial charge on any atom is -0.376 e. The number of nitrogens with one attached hydrogen (secondary N) is 3. The first-order chi connectivity index (χ1) is 12.4. The highest BCUT2D eigenvalue weighted by molar-refractivity contribution is 5.95. The number of carbonyl (C=O) groups excluding carboxylic acids is 2. The molecule has 0 saturated carbocycles. The molecule has 0 aliphatic heterocycles. The minimum atomic E-state index is -0.0920. The van der Waals surface area contributed by atoms with Gasteiger partial charge in [0.2, 0.25) is 5.91 Å². The molecule has 138 valence electrons. The standard InChI is InChI=1S/C21H27N3O2/c1-14(2)24-21(26)17-9-10-19(16(4)11-17)22-13-20(25)23-12-18-8-6-5-7-15(18)3/h5-11,14,22H,12-13H2,1-4H3,(H,23,25)(H,24,26). The van der Waals surface area contributed by atoms with Gasteiger partial charge in [0, 0.05) is 23.8 Å². The monoisotopic (exact) mass is 353 g/mol. The molecule has 0 bridgehead atoms. The Labute approximate surface area is 155 Å². The van der Waals surface area contributed by atoms with Crippen LogP contribution in [-0.2, 0) is 11.3 Å². The van der Waals surface area contributed by atoms with Crippen molar-refractivity contribution < 1.29 is 9.59 Å². The van der Waals surface area contributed by atoms with Crippen molar-refractivity contribution in [1.82, 2.24) is 10.6 Å². The van der Waals surface area contributed by atoms with Gasteiger partial charge < -0.3 is 16.0 Å². The Balaban J connectivity index is 1.87. The fourth-order valence-electron chi connectivity index (χ4n) is 2.59. The first-order valence-electron chi connectivity index (χ1n) is 8.83. The zero-order chi connectivity index (χ0) is 19.1. The number of carbonyl (C=O) groups is 2. The number of benzene rings is 2. The summed E-state index contributed by atoms with van der Waals surface area (Å²) in [6.07, 6.45) is 0. The van der Waals surface area contributed by atoms with Crippen LogP contribution < -0.4 is 16.0 Å². The maximum Gasteiger partial charge on any atom is 0.251 e. The summed E-state index contributed by atoms with van der Waals surface area (Å²) in [6.45, 7) is 8.50. The molecule has 0 saturated heterocycles. The van der Waals surface area contributed by atoms with Crippen molar-refractivity contribution in [2.75, 3.05) is 11.9 Å². The van der Waals surface area contributed by atoms with Crippen LogP contribution in [0.5, 0.6) is 0 Å². The van der Waals surface area contributed by atoms with Gasteiger partial charge in [-0.3, -0.25) is 9.59 Å². The first kappa shape index (κ1) is 19.5. The maximum absolute atomic E-state index is 12.1. The van der Waals surface area contributed by atoms with Crippen LogP contribution in [0.2, 0.25) is 0 Å². The van der Waals surface area contributed by atoms with Crippen LogP contribution in [0.4, 0.5) is 5.69 Å². The van der Waals surface area contributed by atoms with Gasteiger partial charge in [-0.15, -0.1) is 0 Å². The molecule has 0 aliphatic rings. The summed E-state index contributed by atoms with van der Waals surface area (Å²) in [5.74, 6) is -0.167. The Kier molecular flexibility index (Phi) is 6.78. The van der Waals surface area contributed by atoms with Gasteiger partial charge in [-0.25, -0.2) is 0 Å². The summed E-state index contributed by atoms with van der Waals surface area (Å²) >= 11 is 0. The predicted octanol–water partition coefficient (Wildman–Crippen LogP) is 3.17. The maximum atomic E-state index is 12.1. The van der Waals surface area contributed by atoms with Crippen LogP contribution in [0.1, 0.15) is 40.9 Å². The molecular formula is C21H27N3O2. The van der Waals surface area contributed by atoms with Crippen LogP contribution in [0.3, 0.4) is 0 Å². The van der Waals surface area contributed by atoms with Gasteiger partial charge in [0.05, 0.1) is 6.54 Å². The molecule has 0 unspecified atom stereocenters. The van der Waals surface area contributed by atoms with Crippen molar-refractivity contribution in [2.24, 2.45) is 0 Å². The molecule has 3 N–H and O–H groups in total. The number of aryl methyl sites for hydroxylation is 2. The van der Waals surface area contributed by atoms with Crippen molar-refractivity contribution in [1.29, 1.82) is 0 Å². The van der Waals surface area contributed by atoms with Gasteiger partial charge >= 0.3 is 0 Å². The molecule has 5 nitrogen and oxygen atoms in total. The van der Waals surface area contributed by atoms with Crippen molar-refractivity contribution in [3.05, 3.63) is 64.7 Å². The third-order valence-corrected chi connectivity index (χ3v) is 4.09. The zero-order valence-electron chi connectivity index (χ0n) is 15.8. The topological polar surface area (TPSA) is 70.2 Å². The Morgan fingerprint density at radius 2 is 1.73 bits per heavy atom. The van der Waals surface area contributed by atoms with Crippen molar-refractivity contribution in [3.8, 4) is 0 Å². The van der Waals surface area contributed by atoms with E-state index in [2.05, 4.69) is 16.0 Å². The molecule has 0 fully saturated rings. The highest BCUT2D eigenvalue weighted by Crippen LogP contribution is 2.16. The molecule has 0 radical (unpaired) electrons. The number of amides is 2. The van der Waals surface area contributed by atoms with E-state index >= 15 is 0 Å². The molecule has 0 aromatic heterocycles. The largest absolute Gasteiger partial charge is 0.376 e. The lowest BCUT2D eigenvalue weighted by atomic mass is 10.1. The fraction of sp³-hybridized carbons (Fsp3) is 0.333. The van der Waals surface area contributed by atoms with E-state index in [4.69, 9.17) is 0 Å². The number of anilines is 1. The molecule has 5 heteroatoms. The van der Waals surface area contributed by atoms with E-state index in [1.165, 1.54) is 0 Å². The summed E-state index contributed by atoms with van der Waals surface area (Å²) in [6, 6.07) is 13.5. The minimum absolute atomic E-state index is 0.0747. The third-order valence-electron chi connectivity index (χ3n) is 4.09. The molecular weight excluding hydrogens is 326 g/mol. The molecule has 2 rings (SSSR count). The predicted molar refractivity (Wildman–Crippen MR) is 105 cm³/mol. The SMILES string of the molecule is Cc1ccccc1CNC(=O)CNc1ccc(C(=O)NC(C)C)cc1C. The molecule has 2 amide bonds. The van der Waals surface area contributed by atoms with Crippen molar-refractivity contribution in [3.63, 3.8) is 0 Å². The summed E-state index contributed by atoms with van der Waals surface area (Å²) in [7, 11) is 0. The van der Waals surface area contributed by atoms with Gasteiger partial charge in [0.1, 0.15) is 0 Å². The van der Waals surface area contributed by atoms with Gasteiger partial charge in [-0.1, -0.05) is 24.3 Å². The Morgan fingerprint density at radius 3 is 2.38 bits per heavy atom. The first-order valence-corrected chi connectivity index (χ1v) is 8.83. The molecule has 2 aromatic rings. The van der Waals surface area contributed by atoms with Crippen molar-refractivity contribution in [2.45, 2.75) is 40.3 Å². The summed E-state index contributed by atoms with van der Waals surface area (Å²) in [4.78, 5) is 24.1. The van der Waals surface area contributed by atoms with Gasteiger partial charge in [-0.05, 0) is 62.6 Å². The van der Waals surface area contributed by atoms with E-state index in [0.29, 0.717) is 12.1 Å². The second-order valence-electron chi connectivity index (χ2n) is 6.71. The molecule has 2 aromatic carbocycles. The second-order valence-corrected chi connectivity index (χ2v) is 6.71. The molecule has 0 aliphatic carbocycles. The lowest BCUT2D eigenvalue weighted by molar-refractivity contribution is -0.119. The number of rotatable bonds is 7. The number of hydrogen-bond acceptors (Lipinski definition) is 3. The van der Waals surface area contributed by atoms with Crippen LogP contribution in [0.15, 0.2) is 42.5 Å². The van der Waals surface area contributed by atoms with Gasteiger partial charge in [0.15, 0.2) is 0 Å². The van der Waals surface area contributed by atoms with Crippen LogP contribution in [-0.4, -0.2) is 24.4 Å². The molecule has 26 heavy (non-hydrogen) atoms. The van der Waals surface area contributed by atoms with Crippen LogP contribution in [0.25, 0.3) is 0 Å². The molecule has 0 spiro atoms. The van der Waals surface area contributed by atoms with Gasteiger partial charge in [-0.2, -0.15) is 0 Å². The second kappa shape index (κ2) is 9.04. The van der Waals surface area contributed by atoms with E-state index in [-0.39, 0.29) is 24.4 Å². The lowest BCUT2D eigenvalue weighted by Gasteiger charge is -2.13. The average molecular weight is 353 g/mol. The van der Waals surface area contributed by atoms with Crippen molar-refractivity contribution >= 4 is 17.5 Å².